The standard InChI is InChI=1S/C13H19NO2/c1-10(2)13(16)14-9-12(15)8-11-6-4-3-5-7-11/h3-7,10,12,15H,8-9H2,1-2H3,(H,14,16). The van der Waals surface area contributed by atoms with E-state index in [0.29, 0.717) is 13.0 Å². The summed E-state index contributed by atoms with van der Waals surface area (Å²) in [7, 11) is 0. The van der Waals surface area contributed by atoms with Crippen molar-refractivity contribution in [2.45, 2.75) is 26.4 Å². The van der Waals surface area contributed by atoms with Crippen molar-refractivity contribution in [3.8, 4) is 0 Å². The van der Waals surface area contributed by atoms with Crippen LogP contribution in [0, 0.1) is 5.92 Å². The molecule has 0 bridgehead atoms. The number of carbonyl (C=O) groups excluding carboxylic acids is 1. The summed E-state index contributed by atoms with van der Waals surface area (Å²) >= 11 is 0. The minimum atomic E-state index is -0.523. The molecule has 0 aliphatic carbocycles. The Morgan fingerprint density at radius 2 is 1.94 bits per heavy atom. The van der Waals surface area contributed by atoms with Crippen LogP contribution < -0.4 is 5.32 Å². The van der Waals surface area contributed by atoms with Crippen LogP contribution in [0.25, 0.3) is 0 Å². The lowest BCUT2D eigenvalue weighted by molar-refractivity contribution is -0.124. The second-order valence-electron chi connectivity index (χ2n) is 4.24. The zero-order chi connectivity index (χ0) is 12.0. The third kappa shape index (κ3) is 4.45. The van der Waals surface area contributed by atoms with E-state index in [1.54, 1.807) is 0 Å². The molecule has 0 fully saturated rings. The molecular weight excluding hydrogens is 202 g/mol. The van der Waals surface area contributed by atoms with Gasteiger partial charge in [-0.15, -0.1) is 0 Å². The Kier molecular flexibility index (Phi) is 4.99. The Balaban J connectivity index is 2.31. The number of hydrogen-bond acceptors (Lipinski definition) is 2. The van der Waals surface area contributed by atoms with E-state index in [1.807, 2.05) is 44.2 Å². The molecule has 16 heavy (non-hydrogen) atoms. The molecule has 88 valence electrons. The van der Waals surface area contributed by atoms with E-state index in [-0.39, 0.29) is 11.8 Å². The molecule has 1 aromatic carbocycles. The van der Waals surface area contributed by atoms with Crippen LogP contribution in [-0.2, 0) is 11.2 Å². The number of amides is 1. The van der Waals surface area contributed by atoms with E-state index in [2.05, 4.69) is 5.32 Å². The Bertz CT molecular complexity index is 322. The molecule has 0 heterocycles. The van der Waals surface area contributed by atoms with Crippen molar-refractivity contribution in [3.63, 3.8) is 0 Å². The highest BCUT2D eigenvalue weighted by atomic mass is 16.3. The Morgan fingerprint density at radius 1 is 1.31 bits per heavy atom. The molecule has 3 nitrogen and oxygen atoms in total. The van der Waals surface area contributed by atoms with E-state index >= 15 is 0 Å². The fourth-order valence-corrected chi connectivity index (χ4v) is 1.38. The highest BCUT2D eigenvalue weighted by Crippen LogP contribution is 2.02. The lowest BCUT2D eigenvalue weighted by Crippen LogP contribution is -2.35. The number of aliphatic hydroxyl groups is 1. The van der Waals surface area contributed by atoms with Crippen molar-refractivity contribution in [1.82, 2.24) is 5.32 Å². The molecule has 0 saturated heterocycles. The van der Waals surface area contributed by atoms with Crippen LogP contribution in [-0.4, -0.2) is 23.7 Å². The summed E-state index contributed by atoms with van der Waals surface area (Å²) in [5.41, 5.74) is 1.08. The molecule has 1 atom stereocenters. The number of hydrogen-bond donors (Lipinski definition) is 2. The highest BCUT2D eigenvalue weighted by molar-refractivity contribution is 5.77. The first kappa shape index (κ1) is 12.7. The summed E-state index contributed by atoms with van der Waals surface area (Å²) in [5, 5.41) is 12.4. The molecule has 1 unspecified atom stereocenters. The minimum absolute atomic E-state index is 0.0212. The Labute approximate surface area is 96.5 Å². The topological polar surface area (TPSA) is 49.3 Å². The summed E-state index contributed by atoms with van der Waals surface area (Å²) in [6, 6.07) is 9.75. The number of rotatable bonds is 5. The van der Waals surface area contributed by atoms with Crippen molar-refractivity contribution < 1.29 is 9.90 Å². The molecule has 0 aliphatic rings. The van der Waals surface area contributed by atoms with Crippen molar-refractivity contribution in [2.75, 3.05) is 6.54 Å². The van der Waals surface area contributed by atoms with Gasteiger partial charge in [0.2, 0.25) is 5.91 Å². The molecule has 1 amide bonds. The van der Waals surface area contributed by atoms with Gasteiger partial charge in [0.1, 0.15) is 0 Å². The molecule has 0 aliphatic heterocycles. The lowest BCUT2D eigenvalue weighted by Gasteiger charge is -2.13. The van der Waals surface area contributed by atoms with Gasteiger partial charge >= 0.3 is 0 Å². The first-order chi connectivity index (χ1) is 7.59. The molecule has 0 saturated carbocycles. The van der Waals surface area contributed by atoms with Gasteiger partial charge in [-0.2, -0.15) is 0 Å². The van der Waals surface area contributed by atoms with Crippen LogP contribution in [0.4, 0.5) is 0 Å². The van der Waals surface area contributed by atoms with Gasteiger partial charge in [-0.05, 0) is 5.56 Å². The van der Waals surface area contributed by atoms with E-state index in [0.717, 1.165) is 5.56 Å². The molecule has 0 radical (unpaired) electrons. The van der Waals surface area contributed by atoms with E-state index in [9.17, 15) is 9.90 Å². The van der Waals surface area contributed by atoms with E-state index < -0.39 is 6.10 Å². The van der Waals surface area contributed by atoms with Crippen molar-refractivity contribution in [1.29, 1.82) is 0 Å². The Hall–Kier alpha value is -1.35. The molecular formula is C13H19NO2. The molecule has 1 aromatic rings. The predicted molar refractivity (Wildman–Crippen MR) is 64.0 cm³/mol. The normalized spacial score (nSPS) is 12.5. The summed E-state index contributed by atoms with van der Waals surface area (Å²) in [6.45, 7) is 3.98. The number of nitrogens with one attached hydrogen (secondary N) is 1. The average molecular weight is 221 g/mol. The second-order valence-corrected chi connectivity index (χ2v) is 4.24. The van der Waals surface area contributed by atoms with Gasteiger partial charge in [0.05, 0.1) is 6.10 Å². The fourth-order valence-electron chi connectivity index (χ4n) is 1.38. The first-order valence-corrected chi connectivity index (χ1v) is 5.59. The first-order valence-electron chi connectivity index (χ1n) is 5.59. The largest absolute Gasteiger partial charge is 0.391 e. The van der Waals surface area contributed by atoms with Crippen LogP contribution in [0.3, 0.4) is 0 Å². The summed E-state index contributed by atoms with van der Waals surface area (Å²) < 4.78 is 0. The Morgan fingerprint density at radius 3 is 2.50 bits per heavy atom. The summed E-state index contributed by atoms with van der Waals surface area (Å²) in [5.74, 6) is -0.0592. The third-order valence-corrected chi connectivity index (χ3v) is 2.35. The van der Waals surface area contributed by atoms with Crippen LogP contribution in [0.2, 0.25) is 0 Å². The average Bonchev–Trinajstić information content (AvgIpc) is 2.27. The summed E-state index contributed by atoms with van der Waals surface area (Å²) in [4.78, 5) is 11.3. The summed E-state index contributed by atoms with van der Waals surface area (Å²) in [6.07, 6.45) is 0.0456. The second kappa shape index (κ2) is 6.28. The third-order valence-electron chi connectivity index (χ3n) is 2.35. The van der Waals surface area contributed by atoms with Gasteiger partial charge in [0.15, 0.2) is 0 Å². The maximum Gasteiger partial charge on any atom is 0.222 e. The molecule has 3 heteroatoms. The molecule has 1 rings (SSSR count). The quantitative estimate of drug-likeness (QED) is 0.788. The highest BCUT2D eigenvalue weighted by Gasteiger charge is 2.10. The fraction of sp³-hybridized carbons (Fsp3) is 0.462. The minimum Gasteiger partial charge on any atom is -0.391 e. The van der Waals surface area contributed by atoms with Gasteiger partial charge in [0, 0.05) is 18.9 Å². The molecule has 0 aromatic heterocycles. The van der Waals surface area contributed by atoms with Crippen LogP contribution in [0.15, 0.2) is 30.3 Å². The number of carbonyl (C=O) groups is 1. The van der Waals surface area contributed by atoms with Gasteiger partial charge in [-0.3, -0.25) is 4.79 Å². The monoisotopic (exact) mass is 221 g/mol. The van der Waals surface area contributed by atoms with Gasteiger partial charge in [-0.1, -0.05) is 44.2 Å². The predicted octanol–water partition coefficient (Wildman–Crippen LogP) is 1.36. The zero-order valence-corrected chi connectivity index (χ0v) is 9.81. The van der Waals surface area contributed by atoms with Gasteiger partial charge < -0.3 is 10.4 Å². The van der Waals surface area contributed by atoms with Crippen molar-refractivity contribution >= 4 is 5.91 Å². The van der Waals surface area contributed by atoms with Crippen LogP contribution in [0.5, 0.6) is 0 Å². The van der Waals surface area contributed by atoms with E-state index in [4.69, 9.17) is 0 Å². The molecule has 0 spiro atoms. The maximum absolute atomic E-state index is 11.3. The van der Waals surface area contributed by atoms with Gasteiger partial charge in [-0.25, -0.2) is 0 Å². The number of aliphatic hydroxyl groups excluding tert-OH is 1. The van der Waals surface area contributed by atoms with Crippen LogP contribution >= 0.6 is 0 Å². The lowest BCUT2D eigenvalue weighted by atomic mass is 10.1. The van der Waals surface area contributed by atoms with Crippen molar-refractivity contribution in [2.24, 2.45) is 5.92 Å². The number of benzene rings is 1. The van der Waals surface area contributed by atoms with Crippen LogP contribution in [0.1, 0.15) is 19.4 Å². The van der Waals surface area contributed by atoms with E-state index in [1.165, 1.54) is 0 Å². The molecule has 2 N–H and O–H groups in total. The smallest absolute Gasteiger partial charge is 0.222 e. The van der Waals surface area contributed by atoms with Gasteiger partial charge in [0.25, 0.3) is 0 Å². The zero-order valence-electron chi connectivity index (χ0n) is 9.81. The maximum atomic E-state index is 11.3. The SMILES string of the molecule is CC(C)C(=O)NCC(O)Cc1ccccc1. The van der Waals surface area contributed by atoms with Crippen molar-refractivity contribution in [3.05, 3.63) is 35.9 Å².